The number of hydrogen-bond donors (Lipinski definition) is 0. The first-order chi connectivity index (χ1) is 9.93. The molecular formula is C13H11F2N3O3. The lowest BCUT2D eigenvalue weighted by molar-refractivity contribution is -0.387. The summed E-state index contributed by atoms with van der Waals surface area (Å²) >= 11 is 0. The van der Waals surface area contributed by atoms with Crippen molar-refractivity contribution in [3.8, 4) is 6.07 Å². The summed E-state index contributed by atoms with van der Waals surface area (Å²) in [6.45, 7) is 0.417. The molecule has 6 nitrogen and oxygen atoms in total. The van der Waals surface area contributed by atoms with Crippen molar-refractivity contribution in [1.29, 1.82) is 5.26 Å². The van der Waals surface area contributed by atoms with Crippen LogP contribution in [-0.2, 0) is 0 Å². The third-order valence-corrected chi connectivity index (χ3v) is 3.34. The maximum absolute atomic E-state index is 14.0. The predicted octanol–water partition coefficient (Wildman–Crippen LogP) is 2.25. The Kier molecular flexibility index (Phi) is 4.12. The van der Waals surface area contributed by atoms with E-state index >= 15 is 0 Å². The fraction of sp³-hybridized carbons (Fsp3) is 0.385. The average Bonchev–Trinajstić information content (AvgIpc) is 2.48. The van der Waals surface area contributed by atoms with Gasteiger partial charge in [-0.15, -0.1) is 0 Å². The zero-order valence-electron chi connectivity index (χ0n) is 10.9. The summed E-state index contributed by atoms with van der Waals surface area (Å²) in [5, 5.41) is 19.5. The Hall–Kier alpha value is -2.56. The quantitative estimate of drug-likeness (QED) is 0.618. The second-order valence-corrected chi connectivity index (χ2v) is 4.76. The fourth-order valence-corrected chi connectivity index (χ4v) is 2.30. The molecule has 0 aliphatic carbocycles. The van der Waals surface area contributed by atoms with Gasteiger partial charge in [0, 0.05) is 13.1 Å². The highest BCUT2D eigenvalue weighted by atomic mass is 19.1. The minimum Gasteiger partial charge on any atom is -0.337 e. The van der Waals surface area contributed by atoms with Crippen molar-refractivity contribution >= 4 is 11.6 Å². The Bertz CT molecular complexity index is 642. The normalized spacial score (nSPS) is 18.1. The highest BCUT2D eigenvalue weighted by Crippen LogP contribution is 2.25. The maximum Gasteiger partial charge on any atom is 0.308 e. The molecule has 0 N–H and O–H groups in total. The van der Waals surface area contributed by atoms with Gasteiger partial charge in [-0.05, 0) is 18.9 Å². The van der Waals surface area contributed by atoms with Crippen LogP contribution in [-0.4, -0.2) is 28.8 Å². The molecule has 1 atom stereocenters. The molecule has 0 bridgehead atoms. The lowest BCUT2D eigenvalue weighted by Crippen LogP contribution is -2.40. The molecule has 1 aromatic rings. The van der Waals surface area contributed by atoms with Crippen molar-refractivity contribution in [1.82, 2.24) is 4.90 Å². The number of nitro benzene ring substituents is 1. The van der Waals surface area contributed by atoms with E-state index in [1.54, 1.807) is 0 Å². The number of hydrogen-bond acceptors (Lipinski definition) is 4. The van der Waals surface area contributed by atoms with Gasteiger partial charge < -0.3 is 4.90 Å². The summed E-state index contributed by atoms with van der Waals surface area (Å²) in [4.78, 5) is 23.0. The van der Waals surface area contributed by atoms with Crippen molar-refractivity contribution in [2.75, 3.05) is 13.1 Å². The minimum atomic E-state index is -1.36. The van der Waals surface area contributed by atoms with E-state index in [2.05, 4.69) is 0 Å². The number of piperidine rings is 1. The van der Waals surface area contributed by atoms with E-state index in [1.165, 1.54) is 4.90 Å². The van der Waals surface area contributed by atoms with E-state index in [0.717, 1.165) is 0 Å². The lowest BCUT2D eigenvalue weighted by atomic mass is 9.99. The van der Waals surface area contributed by atoms with Crippen LogP contribution in [0.5, 0.6) is 0 Å². The molecule has 1 aromatic carbocycles. The van der Waals surface area contributed by atoms with Crippen molar-refractivity contribution < 1.29 is 18.5 Å². The molecule has 0 spiro atoms. The lowest BCUT2D eigenvalue weighted by Gasteiger charge is -2.29. The summed E-state index contributed by atoms with van der Waals surface area (Å²) in [7, 11) is 0. The van der Waals surface area contributed by atoms with Gasteiger partial charge in [-0.25, -0.2) is 4.39 Å². The molecule has 1 fully saturated rings. The second kappa shape index (κ2) is 5.83. The van der Waals surface area contributed by atoms with E-state index in [-0.39, 0.29) is 12.5 Å². The van der Waals surface area contributed by atoms with Crippen LogP contribution in [0.3, 0.4) is 0 Å². The zero-order valence-corrected chi connectivity index (χ0v) is 10.9. The van der Waals surface area contributed by atoms with E-state index < -0.39 is 33.7 Å². The molecule has 2 rings (SSSR count). The molecule has 0 aromatic heterocycles. The van der Waals surface area contributed by atoms with Gasteiger partial charge >= 0.3 is 5.69 Å². The molecule has 0 radical (unpaired) electrons. The first kappa shape index (κ1) is 14.8. The Balaban J connectivity index is 2.35. The largest absolute Gasteiger partial charge is 0.337 e. The van der Waals surface area contributed by atoms with Crippen LogP contribution in [0.4, 0.5) is 14.5 Å². The molecule has 1 unspecified atom stereocenters. The van der Waals surface area contributed by atoms with E-state index in [4.69, 9.17) is 5.26 Å². The number of rotatable bonds is 2. The van der Waals surface area contributed by atoms with Gasteiger partial charge in [0.05, 0.1) is 28.5 Å². The number of likely N-dealkylation sites (tertiary alicyclic amines) is 1. The number of nitro groups is 1. The van der Waals surface area contributed by atoms with Crippen molar-refractivity contribution in [2.45, 2.75) is 12.8 Å². The van der Waals surface area contributed by atoms with Crippen LogP contribution in [0.2, 0.25) is 0 Å². The van der Waals surface area contributed by atoms with Gasteiger partial charge in [0.15, 0.2) is 0 Å². The monoisotopic (exact) mass is 295 g/mol. The maximum atomic E-state index is 14.0. The zero-order chi connectivity index (χ0) is 15.6. The minimum absolute atomic E-state index is 0.110. The summed E-state index contributed by atoms with van der Waals surface area (Å²) in [5.74, 6) is -3.62. The highest BCUT2D eigenvalue weighted by Gasteiger charge is 2.30. The Morgan fingerprint density at radius 3 is 2.81 bits per heavy atom. The Morgan fingerprint density at radius 1 is 1.48 bits per heavy atom. The number of carbonyl (C=O) groups excluding carboxylic acids is 1. The van der Waals surface area contributed by atoms with Crippen LogP contribution in [0.15, 0.2) is 12.1 Å². The summed E-state index contributed by atoms with van der Waals surface area (Å²) in [6.07, 6.45) is 1.20. The van der Waals surface area contributed by atoms with Gasteiger partial charge in [-0.2, -0.15) is 9.65 Å². The number of nitrogens with zero attached hydrogens (tertiary/aromatic N) is 3. The predicted molar refractivity (Wildman–Crippen MR) is 67.3 cm³/mol. The van der Waals surface area contributed by atoms with Crippen LogP contribution < -0.4 is 0 Å². The first-order valence-electron chi connectivity index (χ1n) is 6.26. The van der Waals surface area contributed by atoms with Crippen LogP contribution >= 0.6 is 0 Å². The molecule has 1 aliphatic heterocycles. The molecule has 110 valence electrons. The highest BCUT2D eigenvalue weighted by molar-refractivity contribution is 5.95. The summed E-state index contributed by atoms with van der Waals surface area (Å²) in [5.41, 5.74) is -1.76. The topological polar surface area (TPSA) is 87.2 Å². The molecule has 1 aliphatic rings. The van der Waals surface area contributed by atoms with Crippen LogP contribution in [0.25, 0.3) is 0 Å². The number of benzene rings is 1. The molecule has 1 amide bonds. The molecule has 0 saturated carbocycles. The summed E-state index contributed by atoms with van der Waals surface area (Å²) in [6, 6.07) is 3.10. The molecule has 21 heavy (non-hydrogen) atoms. The standard InChI is InChI=1S/C13H11F2N3O3/c14-9-4-10(12(15)11(5-9)18(20)21)13(19)17-3-1-2-8(6-16)7-17/h4-5,8H,1-3,7H2. The molecule has 1 heterocycles. The SMILES string of the molecule is N#CC1CCCN(C(=O)c2cc(F)cc([N+](=O)[O-])c2F)C1. The molecule has 1 saturated heterocycles. The number of nitriles is 1. The van der Waals surface area contributed by atoms with Crippen molar-refractivity contribution in [2.24, 2.45) is 5.92 Å². The van der Waals surface area contributed by atoms with Gasteiger partial charge in [0.25, 0.3) is 5.91 Å². The van der Waals surface area contributed by atoms with Gasteiger partial charge in [0.1, 0.15) is 5.82 Å². The third-order valence-electron chi connectivity index (χ3n) is 3.34. The fourth-order valence-electron chi connectivity index (χ4n) is 2.30. The third kappa shape index (κ3) is 2.97. The number of halogens is 2. The Labute approximate surface area is 118 Å². The number of carbonyl (C=O) groups is 1. The first-order valence-corrected chi connectivity index (χ1v) is 6.26. The van der Waals surface area contributed by atoms with Crippen molar-refractivity contribution in [3.05, 3.63) is 39.4 Å². The van der Waals surface area contributed by atoms with E-state index in [9.17, 15) is 23.7 Å². The number of amides is 1. The van der Waals surface area contributed by atoms with Gasteiger partial charge in [-0.3, -0.25) is 14.9 Å². The Morgan fingerprint density at radius 2 is 2.19 bits per heavy atom. The molecular weight excluding hydrogens is 284 g/mol. The van der Waals surface area contributed by atoms with Crippen LogP contribution in [0, 0.1) is 39.0 Å². The van der Waals surface area contributed by atoms with E-state index in [1.807, 2.05) is 6.07 Å². The average molecular weight is 295 g/mol. The van der Waals surface area contributed by atoms with Gasteiger partial charge in [-0.1, -0.05) is 0 Å². The van der Waals surface area contributed by atoms with Crippen molar-refractivity contribution in [3.63, 3.8) is 0 Å². The summed E-state index contributed by atoms with van der Waals surface area (Å²) < 4.78 is 27.3. The van der Waals surface area contributed by atoms with Crippen LogP contribution in [0.1, 0.15) is 23.2 Å². The molecule has 8 heteroatoms. The second-order valence-electron chi connectivity index (χ2n) is 4.76. The van der Waals surface area contributed by atoms with Gasteiger partial charge in [0.2, 0.25) is 5.82 Å². The van der Waals surface area contributed by atoms with E-state index in [0.29, 0.717) is 31.5 Å². The smallest absolute Gasteiger partial charge is 0.308 e.